The minimum absolute atomic E-state index is 0.0848. The molecule has 5 atom stereocenters. The minimum Gasteiger partial charge on any atom is -0.493 e. The number of carbonyl (C=O) groups excluding carboxylic acids is 3. The van der Waals surface area contributed by atoms with Gasteiger partial charge in [-0.15, -0.1) is 0 Å². The van der Waals surface area contributed by atoms with E-state index >= 15 is 0 Å². The molecule has 3 saturated heterocycles. The zero-order valence-corrected chi connectivity index (χ0v) is 22.7. The van der Waals surface area contributed by atoms with Gasteiger partial charge >= 0.3 is 0 Å². The molecule has 5 rings (SSSR count). The number of rotatable bonds is 2. The average molecular weight is 510 g/mol. The molecule has 4 heterocycles. The lowest BCUT2D eigenvalue weighted by Gasteiger charge is -2.51. The van der Waals surface area contributed by atoms with E-state index < -0.39 is 0 Å². The summed E-state index contributed by atoms with van der Waals surface area (Å²) in [4.78, 5) is 44.0. The first-order valence-electron chi connectivity index (χ1n) is 14.4. The lowest BCUT2D eigenvalue weighted by Crippen LogP contribution is -2.60. The normalized spacial score (nSPS) is 30.9. The van der Waals surface area contributed by atoms with Crippen LogP contribution in [0.15, 0.2) is 18.2 Å². The van der Waals surface area contributed by atoms with Crippen LogP contribution < -0.4 is 10.1 Å². The molecule has 0 spiro atoms. The van der Waals surface area contributed by atoms with Gasteiger partial charge in [-0.1, -0.05) is 20.8 Å². The first-order valence-corrected chi connectivity index (χ1v) is 14.4. The first-order chi connectivity index (χ1) is 17.8. The van der Waals surface area contributed by atoms with E-state index in [-0.39, 0.29) is 41.6 Å². The van der Waals surface area contributed by atoms with E-state index in [9.17, 15) is 14.4 Å². The van der Waals surface area contributed by atoms with Gasteiger partial charge in [-0.2, -0.15) is 0 Å². The molecular formula is C30H43N3O4. The van der Waals surface area contributed by atoms with Gasteiger partial charge in [0, 0.05) is 56.5 Å². The molecular weight excluding hydrogens is 466 g/mol. The largest absolute Gasteiger partial charge is 0.493 e. The van der Waals surface area contributed by atoms with Crippen molar-refractivity contribution in [3.8, 4) is 5.75 Å². The average Bonchev–Trinajstić information content (AvgIpc) is 3.34. The molecule has 3 amide bonds. The second-order valence-electron chi connectivity index (χ2n) is 12.3. The van der Waals surface area contributed by atoms with Crippen molar-refractivity contribution >= 4 is 17.7 Å². The standard InChI is InChI=1S/C30H43N3O4/c1-19(2)25-9-7-20(3)13-29(35)33-17-21-14-24(26(33)5-4-6-28(34)31-25)18-32(16-21)30(36)23-8-10-27-22(15-23)11-12-37-27/h8,10,15,19-21,24-26H,4-7,9,11-14,16-18H2,1-3H3,(H,31,34)/t20-,21+,24+,25+,26+/m1/s1. The van der Waals surface area contributed by atoms with Crippen LogP contribution in [0, 0.1) is 23.7 Å². The highest BCUT2D eigenvalue weighted by Crippen LogP contribution is 2.37. The van der Waals surface area contributed by atoms with Gasteiger partial charge in [0.2, 0.25) is 11.8 Å². The van der Waals surface area contributed by atoms with Gasteiger partial charge < -0.3 is 19.9 Å². The van der Waals surface area contributed by atoms with Crippen molar-refractivity contribution in [2.45, 2.75) is 84.2 Å². The number of amides is 3. The lowest BCUT2D eigenvalue weighted by atomic mass is 9.77. The molecule has 0 saturated carbocycles. The summed E-state index contributed by atoms with van der Waals surface area (Å²) in [5, 5.41) is 3.26. The Morgan fingerprint density at radius 2 is 1.92 bits per heavy atom. The number of carbonyl (C=O) groups is 3. The highest BCUT2D eigenvalue weighted by molar-refractivity contribution is 5.94. The fraction of sp³-hybridized carbons (Fsp3) is 0.700. The van der Waals surface area contributed by atoms with Gasteiger partial charge in [0.15, 0.2) is 0 Å². The summed E-state index contributed by atoms with van der Waals surface area (Å²) < 4.78 is 5.62. The number of piperidine rings is 2. The topological polar surface area (TPSA) is 79.0 Å². The monoisotopic (exact) mass is 509 g/mol. The number of nitrogens with zero attached hydrogens (tertiary/aromatic N) is 2. The number of ether oxygens (including phenoxy) is 1. The maximum atomic E-state index is 13.6. The SMILES string of the molecule is CC(C)[C@@H]1CC[C@@H](C)CC(=O)N2C[C@H]3C[C@@H](CN(C(=O)c4ccc5c(c4)CCO5)C3)[C@@H]2CCCC(=O)N1. The van der Waals surface area contributed by atoms with E-state index in [0.29, 0.717) is 44.4 Å². The number of hydrogen-bond acceptors (Lipinski definition) is 4. The van der Waals surface area contributed by atoms with Crippen LogP contribution in [0.4, 0.5) is 0 Å². The van der Waals surface area contributed by atoms with Crippen LogP contribution in [0.3, 0.4) is 0 Å². The molecule has 7 nitrogen and oxygen atoms in total. The maximum absolute atomic E-state index is 13.6. The summed E-state index contributed by atoms with van der Waals surface area (Å²) in [6.45, 7) is 9.25. The zero-order chi connectivity index (χ0) is 26.1. The third-order valence-corrected chi connectivity index (χ3v) is 9.06. The molecule has 4 aliphatic rings. The molecule has 0 radical (unpaired) electrons. The number of fused-ring (bicyclic) bond motifs is 5. The Morgan fingerprint density at radius 1 is 1.08 bits per heavy atom. The Kier molecular flexibility index (Phi) is 7.77. The van der Waals surface area contributed by atoms with E-state index in [1.54, 1.807) is 0 Å². The van der Waals surface area contributed by atoms with E-state index in [1.807, 2.05) is 23.1 Å². The summed E-state index contributed by atoms with van der Waals surface area (Å²) in [7, 11) is 0. The Bertz CT molecular complexity index is 1020. The Hall–Kier alpha value is -2.57. The van der Waals surface area contributed by atoms with Crippen molar-refractivity contribution in [1.82, 2.24) is 15.1 Å². The van der Waals surface area contributed by atoms with Crippen LogP contribution in [0.5, 0.6) is 5.75 Å². The van der Waals surface area contributed by atoms with E-state index in [0.717, 1.165) is 61.9 Å². The van der Waals surface area contributed by atoms with Gasteiger partial charge in [0.25, 0.3) is 5.91 Å². The quantitative estimate of drug-likeness (QED) is 0.653. The van der Waals surface area contributed by atoms with Crippen LogP contribution in [-0.4, -0.2) is 65.8 Å². The predicted octanol–water partition coefficient (Wildman–Crippen LogP) is 4.04. The van der Waals surface area contributed by atoms with E-state index in [4.69, 9.17) is 4.74 Å². The molecule has 1 aromatic carbocycles. The maximum Gasteiger partial charge on any atom is 0.253 e. The number of hydrogen-bond donors (Lipinski definition) is 1. The van der Waals surface area contributed by atoms with Crippen LogP contribution in [0.1, 0.15) is 81.6 Å². The van der Waals surface area contributed by atoms with Crippen molar-refractivity contribution in [2.75, 3.05) is 26.2 Å². The second-order valence-corrected chi connectivity index (χ2v) is 12.3. The number of nitrogens with one attached hydrogen (secondary N) is 1. The van der Waals surface area contributed by atoms with E-state index in [2.05, 4.69) is 31.0 Å². The molecule has 3 fully saturated rings. The molecule has 0 unspecified atom stereocenters. The first kappa shape index (κ1) is 26.1. The van der Waals surface area contributed by atoms with Crippen molar-refractivity contribution in [1.29, 1.82) is 0 Å². The third-order valence-electron chi connectivity index (χ3n) is 9.06. The van der Waals surface area contributed by atoms with Gasteiger partial charge in [-0.25, -0.2) is 0 Å². The minimum atomic E-state index is 0.0848. The predicted molar refractivity (Wildman–Crippen MR) is 142 cm³/mol. The Labute approximate surface area is 221 Å². The molecule has 2 bridgehead atoms. The summed E-state index contributed by atoms with van der Waals surface area (Å²) >= 11 is 0. The molecule has 37 heavy (non-hydrogen) atoms. The van der Waals surface area contributed by atoms with Crippen molar-refractivity contribution in [2.24, 2.45) is 23.7 Å². The van der Waals surface area contributed by atoms with Crippen molar-refractivity contribution < 1.29 is 19.1 Å². The van der Waals surface area contributed by atoms with Crippen LogP contribution in [0.2, 0.25) is 0 Å². The Balaban J connectivity index is 1.31. The highest BCUT2D eigenvalue weighted by atomic mass is 16.5. The fourth-order valence-corrected chi connectivity index (χ4v) is 6.98. The van der Waals surface area contributed by atoms with Gasteiger partial charge in [-0.3, -0.25) is 14.4 Å². The molecule has 0 aliphatic carbocycles. The summed E-state index contributed by atoms with van der Waals surface area (Å²) in [6, 6.07) is 6.06. The summed E-state index contributed by atoms with van der Waals surface area (Å²) in [6.07, 6.45) is 6.39. The highest BCUT2D eigenvalue weighted by Gasteiger charge is 2.43. The second kappa shape index (κ2) is 11.0. The van der Waals surface area contributed by atoms with Gasteiger partial charge in [0.05, 0.1) is 6.61 Å². The fourth-order valence-electron chi connectivity index (χ4n) is 6.98. The molecule has 7 heteroatoms. The lowest BCUT2D eigenvalue weighted by molar-refractivity contribution is -0.141. The molecule has 4 aliphatic heterocycles. The van der Waals surface area contributed by atoms with Crippen LogP contribution in [0.25, 0.3) is 0 Å². The smallest absolute Gasteiger partial charge is 0.253 e. The molecule has 202 valence electrons. The van der Waals surface area contributed by atoms with Crippen molar-refractivity contribution in [3.63, 3.8) is 0 Å². The molecule has 0 aromatic heterocycles. The zero-order valence-electron chi connectivity index (χ0n) is 22.7. The Morgan fingerprint density at radius 3 is 2.73 bits per heavy atom. The molecule has 1 aromatic rings. The summed E-state index contributed by atoms with van der Waals surface area (Å²) in [5.74, 6) is 2.58. The molecule has 1 N–H and O–H groups in total. The van der Waals surface area contributed by atoms with Crippen LogP contribution >= 0.6 is 0 Å². The number of likely N-dealkylation sites (tertiary alicyclic amines) is 1. The van der Waals surface area contributed by atoms with Gasteiger partial charge in [0.1, 0.15) is 5.75 Å². The van der Waals surface area contributed by atoms with Crippen LogP contribution in [-0.2, 0) is 16.0 Å². The summed E-state index contributed by atoms with van der Waals surface area (Å²) in [5.41, 5.74) is 1.85. The van der Waals surface area contributed by atoms with Gasteiger partial charge in [-0.05, 0) is 79.5 Å². The number of benzene rings is 1. The van der Waals surface area contributed by atoms with Crippen molar-refractivity contribution in [3.05, 3.63) is 29.3 Å². The third kappa shape index (κ3) is 5.80. The van der Waals surface area contributed by atoms with E-state index in [1.165, 1.54) is 0 Å².